The van der Waals surface area contributed by atoms with Gasteiger partial charge < -0.3 is 10.1 Å². The van der Waals surface area contributed by atoms with E-state index in [0.29, 0.717) is 18.4 Å². The largest absolute Gasteiger partial charge is 0.443 e. The van der Waals surface area contributed by atoms with Crippen LogP contribution in [0.4, 0.5) is 4.79 Å². The zero-order chi connectivity index (χ0) is 17.5. The topological polar surface area (TPSA) is 96.5 Å². The molecular weight excluding hydrogens is 310 g/mol. The molecule has 3 amide bonds. The van der Waals surface area contributed by atoms with Gasteiger partial charge in [0.1, 0.15) is 5.60 Å². The third-order valence-corrected chi connectivity index (χ3v) is 4.17. The lowest BCUT2D eigenvalue weighted by molar-refractivity contribution is -0.119. The summed E-state index contributed by atoms with van der Waals surface area (Å²) in [6.45, 7) is 5.22. The fourth-order valence-electron chi connectivity index (χ4n) is 3.31. The van der Waals surface area contributed by atoms with Gasteiger partial charge in [-0.1, -0.05) is 12.1 Å². The van der Waals surface area contributed by atoms with Gasteiger partial charge in [-0.3, -0.25) is 15.0 Å². The number of benzene rings is 1. The Balaban J connectivity index is 1.69. The zero-order valence-corrected chi connectivity index (χ0v) is 13.9. The monoisotopic (exact) mass is 331 g/mol. The van der Waals surface area contributed by atoms with Gasteiger partial charge in [-0.15, -0.1) is 0 Å². The number of nitrogens with one attached hydrogen (secondary N) is 3. The minimum Gasteiger partial charge on any atom is -0.443 e. The Hall–Kier alpha value is -2.57. The Morgan fingerprint density at radius 2 is 1.96 bits per heavy atom. The van der Waals surface area contributed by atoms with E-state index in [1.54, 1.807) is 32.9 Å². The first-order valence-corrected chi connectivity index (χ1v) is 7.95. The Morgan fingerprint density at radius 3 is 2.67 bits per heavy atom. The summed E-state index contributed by atoms with van der Waals surface area (Å²) in [7, 11) is 0. The molecular formula is C17H21N3O4. The molecule has 0 spiro atoms. The molecule has 0 radical (unpaired) electrons. The van der Waals surface area contributed by atoms with Crippen LogP contribution >= 0.6 is 0 Å². The van der Waals surface area contributed by atoms with Crippen molar-refractivity contribution in [2.75, 3.05) is 0 Å². The smallest absolute Gasteiger partial charge is 0.426 e. The van der Waals surface area contributed by atoms with E-state index in [4.69, 9.17) is 4.74 Å². The average molecular weight is 331 g/mol. The van der Waals surface area contributed by atoms with E-state index in [0.717, 1.165) is 11.1 Å². The van der Waals surface area contributed by atoms with Crippen LogP contribution in [0.3, 0.4) is 0 Å². The maximum atomic E-state index is 12.4. The SMILES string of the molecule is CC(C)(C)OC(=O)NNC(=O)c1cccc2c1C[C@@H]1CC(=O)NC21. The first-order valence-electron chi connectivity index (χ1n) is 7.95. The van der Waals surface area contributed by atoms with Crippen molar-refractivity contribution in [2.24, 2.45) is 5.92 Å². The van der Waals surface area contributed by atoms with Crippen molar-refractivity contribution < 1.29 is 19.1 Å². The van der Waals surface area contributed by atoms with Gasteiger partial charge in [0.15, 0.2) is 0 Å². The molecule has 1 heterocycles. The third kappa shape index (κ3) is 3.20. The third-order valence-electron chi connectivity index (χ3n) is 4.17. The van der Waals surface area contributed by atoms with Crippen LogP contribution in [0.5, 0.6) is 0 Å². The van der Waals surface area contributed by atoms with E-state index in [1.165, 1.54) is 0 Å². The second-order valence-electron chi connectivity index (χ2n) is 7.17. The fraction of sp³-hybridized carbons (Fsp3) is 0.471. The minimum absolute atomic E-state index is 0.0148. The van der Waals surface area contributed by atoms with E-state index >= 15 is 0 Å². The van der Waals surface area contributed by atoms with Crippen LogP contribution in [-0.2, 0) is 16.0 Å². The van der Waals surface area contributed by atoms with Gasteiger partial charge in [0, 0.05) is 12.0 Å². The summed E-state index contributed by atoms with van der Waals surface area (Å²) in [5.41, 5.74) is 6.41. The van der Waals surface area contributed by atoms with Crippen LogP contribution in [0, 0.1) is 5.92 Å². The van der Waals surface area contributed by atoms with Crippen LogP contribution in [0.1, 0.15) is 54.7 Å². The second kappa shape index (κ2) is 5.81. The molecule has 1 aromatic carbocycles. The summed E-state index contributed by atoms with van der Waals surface area (Å²) in [4.78, 5) is 35.5. The zero-order valence-electron chi connectivity index (χ0n) is 13.9. The number of rotatable bonds is 1. The molecule has 1 aliphatic carbocycles. The molecule has 1 aromatic rings. The Bertz CT molecular complexity index is 708. The summed E-state index contributed by atoms with van der Waals surface area (Å²) >= 11 is 0. The lowest BCUT2D eigenvalue weighted by Crippen LogP contribution is -2.44. The maximum absolute atomic E-state index is 12.4. The Labute approximate surface area is 140 Å². The highest BCUT2D eigenvalue weighted by atomic mass is 16.6. The molecule has 1 unspecified atom stereocenters. The summed E-state index contributed by atoms with van der Waals surface area (Å²) in [5, 5.41) is 2.95. The number of amides is 3. The molecule has 2 atom stereocenters. The van der Waals surface area contributed by atoms with Crippen LogP contribution in [0.15, 0.2) is 18.2 Å². The van der Waals surface area contributed by atoms with Gasteiger partial charge in [-0.25, -0.2) is 10.2 Å². The normalized spacial score (nSPS) is 21.5. The predicted octanol–water partition coefficient (Wildman–Crippen LogP) is 1.59. The summed E-state index contributed by atoms with van der Waals surface area (Å²) in [5.74, 6) is -0.152. The molecule has 1 fully saturated rings. The van der Waals surface area contributed by atoms with Crippen LogP contribution in [-0.4, -0.2) is 23.5 Å². The van der Waals surface area contributed by atoms with Gasteiger partial charge >= 0.3 is 6.09 Å². The van der Waals surface area contributed by atoms with Crippen molar-refractivity contribution in [3.8, 4) is 0 Å². The number of carbonyl (C=O) groups is 3. The van der Waals surface area contributed by atoms with Gasteiger partial charge in [0.2, 0.25) is 5.91 Å². The highest BCUT2D eigenvalue weighted by molar-refractivity contribution is 5.97. The van der Waals surface area contributed by atoms with E-state index in [2.05, 4.69) is 16.2 Å². The second-order valence-corrected chi connectivity index (χ2v) is 7.17. The molecule has 3 N–H and O–H groups in total. The molecule has 128 valence electrons. The number of hydrogen-bond donors (Lipinski definition) is 3. The average Bonchev–Trinajstić information content (AvgIpc) is 2.98. The molecule has 2 aliphatic rings. The number of fused-ring (bicyclic) bond motifs is 3. The first-order chi connectivity index (χ1) is 11.2. The van der Waals surface area contributed by atoms with E-state index < -0.39 is 17.6 Å². The van der Waals surface area contributed by atoms with E-state index in [9.17, 15) is 14.4 Å². The minimum atomic E-state index is -0.715. The number of ether oxygens (including phenoxy) is 1. The lowest BCUT2D eigenvalue weighted by atomic mass is 10.0. The van der Waals surface area contributed by atoms with Crippen molar-refractivity contribution >= 4 is 17.9 Å². The van der Waals surface area contributed by atoms with Crippen LogP contribution < -0.4 is 16.2 Å². The van der Waals surface area contributed by atoms with Gasteiger partial charge in [0.25, 0.3) is 5.91 Å². The highest BCUT2D eigenvalue weighted by Crippen LogP contribution is 2.42. The number of carbonyl (C=O) groups excluding carboxylic acids is 3. The lowest BCUT2D eigenvalue weighted by Gasteiger charge is -2.20. The molecule has 0 bridgehead atoms. The summed E-state index contributed by atoms with van der Waals surface area (Å²) in [6.07, 6.45) is 0.443. The van der Waals surface area contributed by atoms with E-state index in [1.807, 2.05) is 6.07 Å². The molecule has 0 aromatic heterocycles. The molecule has 1 saturated heterocycles. The fourth-order valence-corrected chi connectivity index (χ4v) is 3.31. The molecule has 24 heavy (non-hydrogen) atoms. The van der Waals surface area contributed by atoms with Crippen molar-refractivity contribution in [3.05, 3.63) is 34.9 Å². The quantitative estimate of drug-likeness (QED) is 0.681. The van der Waals surface area contributed by atoms with E-state index in [-0.39, 0.29) is 17.9 Å². The van der Waals surface area contributed by atoms with Crippen molar-refractivity contribution in [3.63, 3.8) is 0 Å². The highest BCUT2D eigenvalue weighted by Gasteiger charge is 2.41. The van der Waals surface area contributed by atoms with Gasteiger partial charge in [0.05, 0.1) is 6.04 Å². The van der Waals surface area contributed by atoms with Gasteiger partial charge in [-0.2, -0.15) is 0 Å². The molecule has 7 nitrogen and oxygen atoms in total. The van der Waals surface area contributed by atoms with Crippen molar-refractivity contribution in [1.82, 2.24) is 16.2 Å². The predicted molar refractivity (Wildman–Crippen MR) is 86.0 cm³/mol. The Kier molecular flexibility index (Phi) is 3.95. The van der Waals surface area contributed by atoms with Crippen molar-refractivity contribution in [1.29, 1.82) is 0 Å². The first kappa shape index (κ1) is 16.3. The van der Waals surface area contributed by atoms with Crippen molar-refractivity contribution in [2.45, 2.75) is 45.3 Å². The summed E-state index contributed by atoms with van der Waals surface area (Å²) in [6, 6.07) is 5.42. The summed E-state index contributed by atoms with van der Waals surface area (Å²) < 4.78 is 5.08. The van der Waals surface area contributed by atoms with Crippen LogP contribution in [0.2, 0.25) is 0 Å². The number of hydrogen-bond acceptors (Lipinski definition) is 4. The molecule has 1 aliphatic heterocycles. The molecule has 0 saturated carbocycles. The Morgan fingerprint density at radius 1 is 1.21 bits per heavy atom. The van der Waals surface area contributed by atoms with Crippen LogP contribution in [0.25, 0.3) is 0 Å². The molecule has 3 rings (SSSR count). The standard InChI is InChI=1S/C17H21N3O4/c1-17(2,3)24-16(23)20-19-15(22)11-6-4-5-10-12(11)7-9-8-13(21)18-14(9)10/h4-6,9,14H,7-8H2,1-3H3,(H,18,21)(H,19,22)(H,20,23)/t9-,14?/m1/s1. The molecule has 7 heteroatoms. The van der Waals surface area contributed by atoms with Gasteiger partial charge in [-0.05, 0) is 50.3 Å². The number of hydrazine groups is 1. The maximum Gasteiger partial charge on any atom is 0.426 e.